The lowest BCUT2D eigenvalue weighted by Crippen LogP contribution is -2.23. The first-order valence-electron chi connectivity index (χ1n) is 4.58. The van der Waals surface area contributed by atoms with Gasteiger partial charge in [0.15, 0.2) is 0 Å². The molecule has 0 spiro atoms. The molecule has 6 heteroatoms. The van der Waals surface area contributed by atoms with E-state index < -0.39 is 6.10 Å². The van der Waals surface area contributed by atoms with Crippen molar-refractivity contribution in [2.45, 2.75) is 13.0 Å². The zero-order valence-electron chi connectivity index (χ0n) is 8.77. The van der Waals surface area contributed by atoms with Gasteiger partial charge in [-0.05, 0) is 6.92 Å². The highest BCUT2D eigenvalue weighted by molar-refractivity contribution is 5.30. The van der Waals surface area contributed by atoms with Gasteiger partial charge in [-0.3, -0.25) is 0 Å². The van der Waals surface area contributed by atoms with Gasteiger partial charge in [0.2, 0.25) is 11.8 Å². The van der Waals surface area contributed by atoms with Crippen molar-refractivity contribution < 1.29 is 14.9 Å². The van der Waals surface area contributed by atoms with Crippen molar-refractivity contribution in [1.29, 1.82) is 0 Å². The second-order valence-corrected chi connectivity index (χ2v) is 3.09. The van der Waals surface area contributed by atoms with E-state index in [2.05, 4.69) is 15.3 Å². The number of nitrogens with one attached hydrogen (secondary N) is 1. The van der Waals surface area contributed by atoms with E-state index in [0.717, 1.165) is 5.69 Å². The SMILES string of the molecule is COc1cc(C)nc(NCC(O)CO)n1. The fraction of sp³-hybridized carbons (Fsp3) is 0.556. The Morgan fingerprint density at radius 2 is 2.27 bits per heavy atom. The number of methoxy groups -OCH3 is 1. The summed E-state index contributed by atoms with van der Waals surface area (Å²) < 4.78 is 4.97. The Morgan fingerprint density at radius 1 is 1.53 bits per heavy atom. The molecule has 0 radical (unpaired) electrons. The van der Waals surface area contributed by atoms with Gasteiger partial charge in [0, 0.05) is 18.3 Å². The fourth-order valence-corrected chi connectivity index (χ4v) is 0.997. The molecule has 1 aromatic heterocycles. The summed E-state index contributed by atoms with van der Waals surface area (Å²) in [4.78, 5) is 8.11. The molecule has 3 N–H and O–H groups in total. The van der Waals surface area contributed by atoms with Gasteiger partial charge in [-0.1, -0.05) is 0 Å². The topological polar surface area (TPSA) is 87.5 Å². The van der Waals surface area contributed by atoms with Gasteiger partial charge in [-0.15, -0.1) is 0 Å². The molecule has 6 nitrogen and oxygen atoms in total. The first-order valence-corrected chi connectivity index (χ1v) is 4.58. The molecule has 1 unspecified atom stereocenters. The Hall–Kier alpha value is -1.40. The Bertz CT molecular complexity index is 319. The molecule has 15 heavy (non-hydrogen) atoms. The highest BCUT2D eigenvalue weighted by atomic mass is 16.5. The second kappa shape index (κ2) is 5.47. The molecule has 0 amide bonds. The second-order valence-electron chi connectivity index (χ2n) is 3.09. The van der Waals surface area contributed by atoms with Crippen LogP contribution in [0.2, 0.25) is 0 Å². The molecule has 0 saturated carbocycles. The predicted molar refractivity (Wildman–Crippen MR) is 54.9 cm³/mol. The molecule has 1 rings (SSSR count). The highest BCUT2D eigenvalue weighted by Gasteiger charge is 2.05. The van der Waals surface area contributed by atoms with Crippen molar-refractivity contribution in [3.8, 4) is 5.88 Å². The lowest BCUT2D eigenvalue weighted by Gasteiger charge is -2.09. The maximum atomic E-state index is 9.12. The predicted octanol–water partition coefficient (Wildman–Crippen LogP) is -0.441. The van der Waals surface area contributed by atoms with Crippen molar-refractivity contribution in [1.82, 2.24) is 9.97 Å². The van der Waals surface area contributed by atoms with Crippen LogP contribution >= 0.6 is 0 Å². The smallest absolute Gasteiger partial charge is 0.226 e. The van der Waals surface area contributed by atoms with Crippen LogP contribution in [0.15, 0.2) is 6.07 Å². The molecular weight excluding hydrogens is 198 g/mol. The Balaban J connectivity index is 2.64. The number of nitrogens with zero attached hydrogens (tertiary/aromatic N) is 2. The number of ether oxygens (including phenoxy) is 1. The van der Waals surface area contributed by atoms with Gasteiger partial charge < -0.3 is 20.3 Å². The number of aliphatic hydroxyl groups is 2. The van der Waals surface area contributed by atoms with Crippen LogP contribution in [-0.4, -0.2) is 46.5 Å². The molecule has 0 aliphatic carbocycles. The summed E-state index contributed by atoms with van der Waals surface area (Å²) >= 11 is 0. The van der Waals surface area contributed by atoms with Gasteiger partial charge in [0.25, 0.3) is 0 Å². The van der Waals surface area contributed by atoms with Crippen molar-refractivity contribution >= 4 is 5.95 Å². The van der Waals surface area contributed by atoms with Crippen LogP contribution < -0.4 is 10.1 Å². The summed E-state index contributed by atoms with van der Waals surface area (Å²) in [6, 6.07) is 1.70. The van der Waals surface area contributed by atoms with Crippen LogP contribution in [-0.2, 0) is 0 Å². The Labute approximate surface area is 87.9 Å². The first kappa shape index (κ1) is 11.7. The lowest BCUT2D eigenvalue weighted by atomic mass is 10.4. The van der Waals surface area contributed by atoms with E-state index in [-0.39, 0.29) is 13.2 Å². The average Bonchev–Trinajstić information content (AvgIpc) is 2.25. The van der Waals surface area contributed by atoms with Crippen LogP contribution in [0.3, 0.4) is 0 Å². The third kappa shape index (κ3) is 3.69. The third-order valence-corrected chi connectivity index (χ3v) is 1.75. The molecule has 0 bridgehead atoms. The number of rotatable bonds is 5. The molecular formula is C9H15N3O3. The van der Waals surface area contributed by atoms with Crippen molar-refractivity contribution in [3.63, 3.8) is 0 Å². The minimum Gasteiger partial charge on any atom is -0.481 e. The van der Waals surface area contributed by atoms with E-state index in [0.29, 0.717) is 11.8 Å². The molecule has 0 fully saturated rings. The van der Waals surface area contributed by atoms with E-state index in [9.17, 15) is 0 Å². The summed E-state index contributed by atoms with van der Waals surface area (Å²) in [7, 11) is 1.52. The first-order chi connectivity index (χ1) is 7.15. The number of aliphatic hydroxyl groups excluding tert-OH is 2. The molecule has 0 saturated heterocycles. The van der Waals surface area contributed by atoms with E-state index in [1.807, 2.05) is 6.92 Å². The molecule has 84 valence electrons. The van der Waals surface area contributed by atoms with Crippen LogP contribution in [0, 0.1) is 6.92 Å². The molecule has 1 aromatic rings. The summed E-state index contributed by atoms with van der Waals surface area (Å²) in [5.41, 5.74) is 0.767. The number of aryl methyl sites for hydroxylation is 1. The van der Waals surface area contributed by atoms with E-state index in [4.69, 9.17) is 14.9 Å². The minimum atomic E-state index is -0.819. The number of aromatic nitrogens is 2. The maximum Gasteiger partial charge on any atom is 0.226 e. The van der Waals surface area contributed by atoms with Gasteiger partial charge >= 0.3 is 0 Å². The molecule has 0 aromatic carbocycles. The van der Waals surface area contributed by atoms with Crippen LogP contribution in [0.5, 0.6) is 5.88 Å². The monoisotopic (exact) mass is 213 g/mol. The summed E-state index contributed by atoms with van der Waals surface area (Å²) in [6.45, 7) is 1.72. The van der Waals surface area contributed by atoms with Gasteiger partial charge in [-0.2, -0.15) is 4.98 Å². The van der Waals surface area contributed by atoms with E-state index in [1.165, 1.54) is 7.11 Å². The van der Waals surface area contributed by atoms with Gasteiger partial charge in [-0.25, -0.2) is 4.98 Å². The summed E-state index contributed by atoms with van der Waals surface area (Å²) in [5, 5.41) is 20.5. The Morgan fingerprint density at radius 3 is 2.87 bits per heavy atom. The number of hydrogen-bond donors (Lipinski definition) is 3. The van der Waals surface area contributed by atoms with Crippen LogP contribution in [0.25, 0.3) is 0 Å². The molecule has 0 aliphatic heterocycles. The maximum absolute atomic E-state index is 9.12. The van der Waals surface area contributed by atoms with Gasteiger partial charge in [0.1, 0.15) is 0 Å². The van der Waals surface area contributed by atoms with E-state index in [1.54, 1.807) is 6.07 Å². The van der Waals surface area contributed by atoms with Crippen molar-refractivity contribution in [2.24, 2.45) is 0 Å². The van der Waals surface area contributed by atoms with Crippen LogP contribution in [0.4, 0.5) is 5.95 Å². The zero-order chi connectivity index (χ0) is 11.3. The lowest BCUT2D eigenvalue weighted by molar-refractivity contribution is 0.105. The normalized spacial score (nSPS) is 12.3. The third-order valence-electron chi connectivity index (χ3n) is 1.75. The number of anilines is 1. The summed E-state index contributed by atoms with van der Waals surface area (Å²) in [6.07, 6.45) is -0.819. The van der Waals surface area contributed by atoms with Gasteiger partial charge in [0.05, 0.1) is 19.8 Å². The zero-order valence-corrected chi connectivity index (χ0v) is 8.77. The largest absolute Gasteiger partial charge is 0.481 e. The fourth-order valence-electron chi connectivity index (χ4n) is 0.997. The van der Waals surface area contributed by atoms with E-state index >= 15 is 0 Å². The average molecular weight is 213 g/mol. The van der Waals surface area contributed by atoms with Crippen LogP contribution in [0.1, 0.15) is 5.69 Å². The molecule has 0 aliphatic rings. The standard InChI is InChI=1S/C9H15N3O3/c1-6-3-8(15-2)12-9(11-6)10-4-7(14)5-13/h3,7,13-14H,4-5H2,1-2H3,(H,10,11,12). The van der Waals surface area contributed by atoms with Crippen molar-refractivity contribution in [3.05, 3.63) is 11.8 Å². The summed E-state index contributed by atoms with van der Waals surface area (Å²) in [5.74, 6) is 0.836. The quantitative estimate of drug-likeness (QED) is 0.614. The number of hydrogen-bond acceptors (Lipinski definition) is 6. The molecule has 1 atom stereocenters. The Kier molecular flexibility index (Phi) is 4.26. The minimum absolute atomic E-state index is 0.198. The highest BCUT2D eigenvalue weighted by Crippen LogP contribution is 2.10. The molecule has 1 heterocycles. The van der Waals surface area contributed by atoms with Crippen molar-refractivity contribution in [2.75, 3.05) is 25.6 Å².